The predicted octanol–water partition coefficient (Wildman–Crippen LogP) is 2.09. The Bertz CT molecular complexity index is 557. The minimum absolute atomic E-state index is 0.346. The quantitative estimate of drug-likeness (QED) is 0.847. The molecule has 0 radical (unpaired) electrons. The summed E-state index contributed by atoms with van der Waals surface area (Å²) < 4.78 is 12.9. The first-order chi connectivity index (χ1) is 9.28. The Morgan fingerprint density at radius 1 is 1.32 bits per heavy atom. The maximum absolute atomic E-state index is 5.48. The van der Waals surface area contributed by atoms with Gasteiger partial charge in [0.05, 0.1) is 18.9 Å². The van der Waals surface area contributed by atoms with Crippen molar-refractivity contribution in [3.05, 3.63) is 36.0 Å². The summed E-state index contributed by atoms with van der Waals surface area (Å²) in [6, 6.07) is 4.08. The lowest BCUT2D eigenvalue weighted by atomic mass is 10.2. The van der Waals surface area contributed by atoms with Crippen molar-refractivity contribution in [1.29, 1.82) is 0 Å². The molecule has 0 bridgehead atoms. The summed E-state index contributed by atoms with van der Waals surface area (Å²) in [5.41, 5.74) is 2.99. The van der Waals surface area contributed by atoms with Crippen LogP contribution in [0.1, 0.15) is 24.7 Å². The molecular formula is C14H17N3O2. The second-order valence-electron chi connectivity index (χ2n) is 4.56. The van der Waals surface area contributed by atoms with Crippen molar-refractivity contribution in [3.63, 3.8) is 0 Å². The van der Waals surface area contributed by atoms with E-state index >= 15 is 0 Å². The van der Waals surface area contributed by atoms with Crippen LogP contribution in [0.25, 0.3) is 11.3 Å². The van der Waals surface area contributed by atoms with Gasteiger partial charge in [0.25, 0.3) is 0 Å². The maximum atomic E-state index is 5.48. The van der Waals surface area contributed by atoms with E-state index in [1.54, 1.807) is 0 Å². The highest BCUT2D eigenvalue weighted by Crippen LogP contribution is 2.25. The van der Waals surface area contributed by atoms with Gasteiger partial charge in [-0.25, -0.2) is 4.98 Å². The van der Waals surface area contributed by atoms with Crippen molar-refractivity contribution in [1.82, 2.24) is 14.5 Å². The van der Waals surface area contributed by atoms with Crippen LogP contribution in [0.2, 0.25) is 0 Å². The van der Waals surface area contributed by atoms with Crippen molar-refractivity contribution in [2.75, 3.05) is 13.2 Å². The monoisotopic (exact) mass is 259 g/mol. The van der Waals surface area contributed by atoms with Gasteiger partial charge in [0.2, 0.25) is 6.29 Å². The average Bonchev–Trinajstić information content (AvgIpc) is 3.08. The topological polar surface area (TPSA) is 49.2 Å². The predicted molar refractivity (Wildman–Crippen MR) is 70.5 cm³/mol. The highest BCUT2D eigenvalue weighted by molar-refractivity contribution is 5.57. The smallest absolute Gasteiger partial charge is 0.217 e. The van der Waals surface area contributed by atoms with Gasteiger partial charge in [-0.2, -0.15) is 0 Å². The largest absolute Gasteiger partial charge is 0.343 e. The molecule has 0 aliphatic carbocycles. The first kappa shape index (κ1) is 12.3. The molecule has 1 aliphatic rings. The molecule has 0 saturated carbocycles. The molecule has 5 nitrogen and oxygen atoms in total. The lowest BCUT2D eigenvalue weighted by molar-refractivity contribution is -0.0523. The Hall–Kier alpha value is -1.72. The first-order valence-corrected chi connectivity index (χ1v) is 6.49. The fourth-order valence-electron chi connectivity index (χ4n) is 2.13. The Morgan fingerprint density at radius 2 is 2.11 bits per heavy atom. The third-order valence-electron chi connectivity index (χ3n) is 3.23. The van der Waals surface area contributed by atoms with E-state index in [0.717, 1.165) is 29.2 Å². The molecule has 0 N–H and O–H groups in total. The number of aryl methyl sites for hydroxylation is 2. The molecule has 19 heavy (non-hydrogen) atoms. The maximum Gasteiger partial charge on any atom is 0.217 e. The van der Waals surface area contributed by atoms with Crippen LogP contribution >= 0.6 is 0 Å². The number of pyridine rings is 1. The van der Waals surface area contributed by atoms with Gasteiger partial charge < -0.3 is 14.0 Å². The third kappa shape index (κ3) is 2.39. The van der Waals surface area contributed by atoms with Gasteiger partial charge in [-0.05, 0) is 18.6 Å². The lowest BCUT2D eigenvalue weighted by Gasteiger charge is -2.07. The number of rotatable bonds is 3. The second-order valence-corrected chi connectivity index (χ2v) is 4.56. The zero-order valence-electron chi connectivity index (χ0n) is 11.2. The van der Waals surface area contributed by atoms with E-state index in [0.29, 0.717) is 13.2 Å². The minimum atomic E-state index is -0.346. The first-order valence-electron chi connectivity index (χ1n) is 6.49. The van der Waals surface area contributed by atoms with Crippen LogP contribution in [-0.2, 0) is 22.9 Å². The van der Waals surface area contributed by atoms with Gasteiger partial charge in [0.1, 0.15) is 0 Å². The molecule has 3 rings (SSSR count). The number of imidazole rings is 1. The van der Waals surface area contributed by atoms with E-state index in [4.69, 9.17) is 9.47 Å². The molecule has 1 saturated heterocycles. The third-order valence-corrected chi connectivity index (χ3v) is 3.23. The number of hydrogen-bond acceptors (Lipinski definition) is 4. The normalized spacial score (nSPS) is 16.1. The minimum Gasteiger partial charge on any atom is -0.343 e. The number of nitrogens with zero attached hydrogens (tertiary/aromatic N) is 3. The number of aromatic nitrogens is 3. The van der Waals surface area contributed by atoms with Gasteiger partial charge in [0, 0.05) is 30.7 Å². The van der Waals surface area contributed by atoms with Crippen molar-refractivity contribution in [2.45, 2.75) is 19.6 Å². The Morgan fingerprint density at radius 3 is 2.74 bits per heavy atom. The van der Waals surface area contributed by atoms with Crippen molar-refractivity contribution >= 4 is 0 Å². The van der Waals surface area contributed by atoms with Crippen molar-refractivity contribution < 1.29 is 9.47 Å². The molecule has 3 heterocycles. The van der Waals surface area contributed by atoms with Crippen LogP contribution in [0.4, 0.5) is 0 Å². The Labute approximate surface area is 112 Å². The highest BCUT2D eigenvalue weighted by atomic mass is 16.7. The van der Waals surface area contributed by atoms with E-state index in [1.807, 2.05) is 36.1 Å². The lowest BCUT2D eigenvalue weighted by Crippen LogP contribution is -2.05. The highest BCUT2D eigenvalue weighted by Gasteiger charge is 2.23. The summed E-state index contributed by atoms with van der Waals surface area (Å²) in [4.78, 5) is 8.99. The van der Waals surface area contributed by atoms with Crippen LogP contribution in [0.15, 0.2) is 24.5 Å². The van der Waals surface area contributed by atoms with Crippen LogP contribution in [0, 0.1) is 0 Å². The molecule has 5 heteroatoms. The zero-order chi connectivity index (χ0) is 13.2. The van der Waals surface area contributed by atoms with E-state index in [1.165, 1.54) is 0 Å². The number of ether oxygens (including phenoxy) is 2. The van der Waals surface area contributed by atoms with Gasteiger partial charge in [-0.1, -0.05) is 6.92 Å². The van der Waals surface area contributed by atoms with E-state index < -0.39 is 0 Å². The zero-order valence-corrected chi connectivity index (χ0v) is 11.2. The molecule has 2 aromatic rings. The molecule has 1 fully saturated rings. The van der Waals surface area contributed by atoms with Crippen LogP contribution in [-0.4, -0.2) is 27.7 Å². The van der Waals surface area contributed by atoms with E-state index in [-0.39, 0.29) is 6.29 Å². The van der Waals surface area contributed by atoms with Crippen LogP contribution in [0.3, 0.4) is 0 Å². The van der Waals surface area contributed by atoms with E-state index in [2.05, 4.69) is 16.9 Å². The molecule has 2 aromatic heterocycles. The molecule has 0 unspecified atom stereocenters. The molecule has 0 spiro atoms. The molecular weight excluding hydrogens is 242 g/mol. The summed E-state index contributed by atoms with van der Waals surface area (Å²) in [6.45, 7) is 3.34. The SMILES string of the molecule is CCc1ccc(-c2cn(C)c(C3OCCO3)n2)cn1. The van der Waals surface area contributed by atoms with Gasteiger partial charge in [-0.15, -0.1) is 0 Å². The fourth-order valence-corrected chi connectivity index (χ4v) is 2.13. The molecule has 0 atom stereocenters. The molecule has 0 amide bonds. The molecule has 0 aromatic carbocycles. The summed E-state index contributed by atoms with van der Waals surface area (Å²) in [5, 5.41) is 0. The molecule has 1 aliphatic heterocycles. The second kappa shape index (κ2) is 5.11. The van der Waals surface area contributed by atoms with Gasteiger partial charge in [0.15, 0.2) is 5.82 Å². The Balaban J connectivity index is 1.90. The average molecular weight is 259 g/mol. The number of hydrogen-bond donors (Lipinski definition) is 0. The summed E-state index contributed by atoms with van der Waals surface area (Å²) >= 11 is 0. The summed E-state index contributed by atoms with van der Waals surface area (Å²) in [6.07, 6.45) is 4.43. The van der Waals surface area contributed by atoms with Crippen molar-refractivity contribution in [3.8, 4) is 11.3 Å². The van der Waals surface area contributed by atoms with Crippen LogP contribution < -0.4 is 0 Å². The molecule has 100 valence electrons. The van der Waals surface area contributed by atoms with Crippen LogP contribution in [0.5, 0.6) is 0 Å². The fraction of sp³-hybridized carbons (Fsp3) is 0.429. The van der Waals surface area contributed by atoms with E-state index in [9.17, 15) is 0 Å². The van der Waals surface area contributed by atoms with Gasteiger partial charge in [-0.3, -0.25) is 4.98 Å². The van der Waals surface area contributed by atoms with Gasteiger partial charge >= 0.3 is 0 Å². The summed E-state index contributed by atoms with van der Waals surface area (Å²) in [7, 11) is 1.95. The Kier molecular flexibility index (Phi) is 3.31. The van der Waals surface area contributed by atoms with Crippen molar-refractivity contribution in [2.24, 2.45) is 7.05 Å². The standard InChI is InChI=1S/C14H17N3O2/c1-3-11-5-4-10(8-15-11)12-9-17(2)13(16-12)14-18-6-7-19-14/h4-5,8-9,14H,3,6-7H2,1-2H3. The summed E-state index contributed by atoms with van der Waals surface area (Å²) in [5.74, 6) is 0.798.